The third-order valence-electron chi connectivity index (χ3n) is 7.10. The van der Waals surface area contributed by atoms with Crippen LogP contribution >= 0.6 is 11.8 Å². The van der Waals surface area contributed by atoms with Crippen LogP contribution in [-0.4, -0.2) is 25.8 Å². The van der Waals surface area contributed by atoms with Gasteiger partial charge in [-0.3, -0.25) is 4.79 Å². The van der Waals surface area contributed by atoms with Gasteiger partial charge in [0.2, 0.25) is 0 Å². The van der Waals surface area contributed by atoms with Crippen molar-refractivity contribution < 1.29 is 9.47 Å². The molecule has 1 aromatic heterocycles. The highest BCUT2D eigenvalue weighted by Gasteiger charge is 2.24. The van der Waals surface area contributed by atoms with Crippen LogP contribution in [0.2, 0.25) is 0 Å². The molecule has 0 spiro atoms. The maximum atomic E-state index is 13.3. The van der Waals surface area contributed by atoms with Crippen molar-refractivity contribution in [1.29, 1.82) is 0 Å². The SMILES string of the molecule is COc1cccc(OC)c1-c1ccc2c(c1)S/C(=C/c1cc(=O)n(Cc3ccccc3)c3ccccc13)N2C. The number of benzene rings is 4. The Bertz CT molecular complexity index is 1750. The number of fused-ring (bicyclic) bond motifs is 2. The molecule has 194 valence electrons. The number of nitrogens with zero attached hydrogens (tertiary/aromatic N) is 2. The van der Waals surface area contributed by atoms with Crippen molar-refractivity contribution in [3.8, 4) is 22.6 Å². The van der Waals surface area contributed by atoms with Crippen LogP contribution < -0.4 is 19.9 Å². The molecule has 0 N–H and O–H groups in total. The van der Waals surface area contributed by atoms with Gasteiger partial charge in [-0.15, -0.1) is 0 Å². The quantitative estimate of drug-likeness (QED) is 0.230. The molecule has 0 saturated heterocycles. The average Bonchev–Trinajstić information content (AvgIpc) is 3.29. The van der Waals surface area contributed by atoms with E-state index in [0.29, 0.717) is 6.54 Å². The normalized spacial score (nSPS) is 13.6. The highest BCUT2D eigenvalue weighted by molar-refractivity contribution is 8.03. The van der Waals surface area contributed by atoms with E-state index in [1.54, 1.807) is 32.0 Å². The van der Waals surface area contributed by atoms with Crippen molar-refractivity contribution in [3.05, 3.63) is 124 Å². The summed E-state index contributed by atoms with van der Waals surface area (Å²) in [6, 6.07) is 32.2. The van der Waals surface area contributed by atoms with Crippen LogP contribution in [-0.2, 0) is 6.54 Å². The van der Waals surface area contributed by atoms with Crippen molar-refractivity contribution in [2.45, 2.75) is 11.4 Å². The van der Waals surface area contributed by atoms with E-state index in [1.807, 2.05) is 71.3 Å². The molecule has 4 aromatic carbocycles. The number of methoxy groups -OCH3 is 2. The topological polar surface area (TPSA) is 43.7 Å². The zero-order chi connectivity index (χ0) is 26.9. The standard InChI is InChI=1S/C33H28N2O3S/c1-34-27-17-16-23(33-28(37-2)14-9-15-29(33)38-3)18-30(27)39-32(34)20-24-19-31(36)35(21-22-10-5-4-6-11-22)26-13-8-7-12-25(24)26/h4-20H,21H2,1-3H3/b32-20+. The summed E-state index contributed by atoms with van der Waals surface area (Å²) in [6.07, 6.45) is 2.12. The molecule has 0 saturated carbocycles. The van der Waals surface area contributed by atoms with Crippen LogP contribution in [0, 0.1) is 0 Å². The molecule has 0 bridgehead atoms. The summed E-state index contributed by atoms with van der Waals surface area (Å²) in [6.45, 7) is 0.534. The molecule has 2 heterocycles. The Hall–Kier alpha value is -4.42. The molecule has 0 unspecified atom stereocenters. The Morgan fingerprint density at radius 3 is 2.28 bits per heavy atom. The van der Waals surface area contributed by atoms with Gasteiger partial charge in [0.25, 0.3) is 5.56 Å². The largest absolute Gasteiger partial charge is 0.496 e. The van der Waals surface area contributed by atoms with Gasteiger partial charge in [-0.25, -0.2) is 0 Å². The molecule has 1 aliphatic rings. The lowest BCUT2D eigenvalue weighted by Gasteiger charge is -2.16. The minimum Gasteiger partial charge on any atom is -0.496 e. The Morgan fingerprint density at radius 2 is 1.54 bits per heavy atom. The van der Waals surface area contributed by atoms with E-state index in [0.717, 1.165) is 60.3 Å². The minimum atomic E-state index is -0.0156. The van der Waals surface area contributed by atoms with Gasteiger partial charge in [-0.2, -0.15) is 0 Å². The molecule has 5 aromatic rings. The zero-order valence-corrected chi connectivity index (χ0v) is 22.9. The van der Waals surface area contributed by atoms with Crippen molar-refractivity contribution in [1.82, 2.24) is 4.57 Å². The Balaban J connectivity index is 1.39. The van der Waals surface area contributed by atoms with Crippen LogP contribution in [0.4, 0.5) is 5.69 Å². The molecule has 0 atom stereocenters. The van der Waals surface area contributed by atoms with Crippen molar-refractivity contribution in [2.24, 2.45) is 0 Å². The number of aromatic nitrogens is 1. The van der Waals surface area contributed by atoms with Gasteiger partial charge >= 0.3 is 0 Å². The number of thioether (sulfide) groups is 1. The number of hydrogen-bond acceptors (Lipinski definition) is 5. The predicted molar refractivity (Wildman–Crippen MR) is 161 cm³/mol. The summed E-state index contributed by atoms with van der Waals surface area (Å²) in [5.74, 6) is 1.54. The molecule has 39 heavy (non-hydrogen) atoms. The first kappa shape index (κ1) is 24.9. The van der Waals surface area contributed by atoms with E-state index in [9.17, 15) is 4.79 Å². The molecular weight excluding hydrogens is 504 g/mol. The van der Waals surface area contributed by atoms with Crippen LogP contribution in [0.5, 0.6) is 11.5 Å². The zero-order valence-electron chi connectivity index (χ0n) is 22.0. The summed E-state index contributed by atoms with van der Waals surface area (Å²) in [5, 5.41) is 2.10. The van der Waals surface area contributed by atoms with Gasteiger partial charge in [0.05, 0.1) is 42.6 Å². The summed E-state index contributed by atoms with van der Waals surface area (Å²) < 4.78 is 13.1. The highest BCUT2D eigenvalue weighted by Crippen LogP contribution is 2.49. The van der Waals surface area contributed by atoms with Gasteiger partial charge in [0.1, 0.15) is 11.5 Å². The number of pyridine rings is 1. The summed E-state index contributed by atoms with van der Waals surface area (Å²) in [5.41, 5.74) is 5.99. The third-order valence-corrected chi connectivity index (χ3v) is 8.24. The maximum absolute atomic E-state index is 13.3. The maximum Gasteiger partial charge on any atom is 0.251 e. The Kier molecular flexibility index (Phi) is 6.63. The van der Waals surface area contributed by atoms with E-state index >= 15 is 0 Å². The number of hydrogen-bond donors (Lipinski definition) is 0. The predicted octanol–water partition coefficient (Wildman–Crippen LogP) is 7.27. The number of ether oxygens (including phenoxy) is 2. The van der Waals surface area contributed by atoms with Gasteiger partial charge in [-0.05, 0) is 53.1 Å². The van der Waals surface area contributed by atoms with E-state index in [4.69, 9.17) is 9.47 Å². The van der Waals surface area contributed by atoms with Crippen LogP contribution in [0.15, 0.2) is 112 Å². The first-order chi connectivity index (χ1) is 19.1. The van der Waals surface area contributed by atoms with E-state index in [2.05, 4.69) is 42.3 Å². The fourth-order valence-electron chi connectivity index (χ4n) is 5.13. The lowest BCUT2D eigenvalue weighted by atomic mass is 10.0. The summed E-state index contributed by atoms with van der Waals surface area (Å²) >= 11 is 1.69. The second-order valence-corrected chi connectivity index (χ2v) is 10.5. The second-order valence-electron chi connectivity index (χ2n) is 9.39. The monoisotopic (exact) mass is 532 g/mol. The first-order valence-corrected chi connectivity index (χ1v) is 13.5. The minimum absolute atomic E-state index is 0.0156. The fraction of sp³-hybridized carbons (Fsp3) is 0.121. The Labute approximate surface area is 231 Å². The molecule has 0 radical (unpaired) electrons. The van der Waals surface area contributed by atoms with Gasteiger partial charge < -0.3 is 18.9 Å². The third kappa shape index (κ3) is 4.57. The van der Waals surface area contributed by atoms with Crippen molar-refractivity contribution in [3.63, 3.8) is 0 Å². The van der Waals surface area contributed by atoms with E-state index in [1.165, 1.54) is 0 Å². The van der Waals surface area contributed by atoms with Crippen LogP contribution in [0.25, 0.3) is 28.1 Å². The molecule has 6 rings (SSSR count). The van der Waals surface area contributed by atoms with Crippen molar-refractivity contribution in [2.75, 3.05) is 26.2 Å². The van der Waals surface area contributed by atoms with E-state index < -0.39 is 0 Å². The lowest BCUT2D eigenvalue weighted by Crippen LogP contribution is -2.21. The van der Waals surface area contributed by atoms with Crippen molar-refractivity contribution >= 4 is 34.4 Å². The Morgan fingerprint density at radius 1 is 0.821 bits per heavy atom. The number of para-hydroxylation sites is 1. The van der Waals surface area contributed by atoms with Gasteiger partial charge in [0, 0.05) is 23.4 Å². The van der Waals surface area contributed by atoms with E-state index in [-0.39, 0.29) is 5.56 Å². The molecular formula is C33H28N2O3S. The fourth-order valence-corrected chi connectivity index (χ4v) is 6.27. The molecule has 0 amide bonds. The number of rotatable bonds is 6. The lowest BCUT2D eigenvalue weighted by molar-refractivity contribution is 0.397. The second kappa shape index (κ2) is 10.4. The van der Waals surface area contributed by atoms with Gasteiger partial charge in [0.15, 0.2) is 0 Å². The van der Waals surface area contributed by atoms with Crippen LogP contribution in [0.3, 0.4) is 0 Å². The number of anilines is 1. The molecule has 0 aliphatic carbocycles. The van der Waals surface area contributed by atoms with Gasteiger partial charge in [-0.1, -0.05) is 72.4 Å². The average molecular weight is 533 g/mol. The molecule has 6 heteroatoms. The van der Waals surface area contributed by atoms with Crippen LogP contribution in [0.1, 0.15) is 11.1 Å². The summed E-state index contributed by atoms with van der Waals surface area (Å²) in [4.78, 5) is 16.7. The highest BCUT2D eigenvalue weighted by atomic mass is 32.2. The smallest absolute Gasteiger partial charge is 0.251 e. The summed E-state index contributed by atoms with van der Waals surface area (Å²) in [7, 11) is 5.41. The molecule has 0 fully saturated rings. The first-order valence-electron chi connectivity index (χ1n) is 12.7. The molecule has 1 aliphatic heterocycles. The molecule has 5 nitrogen and oxygen atoms in total.